The number of sulfonamides is 1. The van der Waals surface area contributed by atoms with Gasteiger partial charge in [-0.2, -0.15) is 0 Å². The maximum absolute atomic E-state index is 10.2. The molecule has 0 aliphatic carbocycles. The van der Waals surface area contributed by atoms with Crippen LogP contribution < -0.4 is 0 Å². The van der Waals surface area contributed by atoms with E-state index in [0.29, 0.717) is 0 Å². The van der Waals surface area contributed by atoms with Crippen LogP contribution in [0.1, 0.15) is 0 Å². The smallest absolute Gasteiger partial charge is 0.259 e. The van der Waals surface area contributed by atoms with Gasteiger partial charge in [-0.25, -0.2) is 12.6 Å². The van der Waals surface area contributed by atoms with E-state index in [2.05, 4.69) is 3.77 Å². The van der Waals surface area contributed by atoms with Crippen molar-refractivity contribution in [3.05, 3.63) is 0 Å². The molecule has 9 heavy (non-hydrogen) atoms. The summed E-state index contributed by atoms with van der Waals surface area (Å²) < 4.78 is 41.4. The highest BCUT2D eigenvalue weighted by Gasteiger charge is 2.00. The van der Waals surface area contributed by atoms with Crippen molar-refractivity contribution >= 4 is 20.0 Å². The van der Waals surface area contributed by atoms with E-state index < -0.39 is 20.0 Å². The summed E-state index contributed by atoms with van der Waals surface area (Å²) in [5, 5.41) is 0. The standard InChI is InChI=1S/C2H7NO4S2/c1-8(4,5)3-9(2,6)7/h1-2H3,(H,3,4,5). The first kappa shape index (κ1) is 8.86. The van der Waals surface area contributed by atoms with Crippen LogP contribution in [0.3, 0.4) is 0 Å². The van der Waals surface area contributed by atoms with E-state index >= 15 is 0 Å². The summed E-state index contributed by atoms with van der Waals surface area (Å²) in [6.45, 7) is 0. The average molecular weight is 173 g/mol. The maximum atomic E-state index is 10.2. The molecule has 7 heteroatoms. The van der Waals surface area contributed by atoms with Crippen LogP contribution in [-0.4, -0.2) is 29.7 Å². The Labute approximate surface area is 54.1 Å². The molecule has 0 fully saturated rings. The largest absolute Gasteiger partial charge is 0.300 e. The molecule has 0 aromatic heterocycles. The summed E-state index contributed by atoms with van der Waals surface area (Å²) in [5.74, 6) is 0. The molecule has 0 aromatic carbocycles. The lowest BCUT2D eigenvalue weighted by molar-refractivity contribution is 0.558. The van der Waals surface area contributed by atoms with E-state index in [1.54, 1.807) is 0 Å². The summed E-state index contributed by atoms with van der Waals surface area (Å²) in [7, 11) is -7.18. The fourth-order valence-electron chi connectivity index (χ4n) is 0.251. The second-order valence-electron chi connectivity index (χ2n) is 1.57. The van der Waals surface area contributed by atoms with E-state index in [-0.39, 0.29) is 0 Å². The molecule has 56 valence electrons. The molecule has 0 saturated heterocycles. The van der Waals surface area contributed by atoms with Gasteiger partial charge >= 0.3 is 0 Å². The summed E-state index contributed by atoms with van der Waals surface area (Å²) in [6, 6.07) is 0. The van der Waals surface area contributed by atoms with Gasteiger partial charge in [0.1, 0.15) is 0 Å². The maximum Gasteiger partial charge on any atom is 0.259 e. The Bertz CT molecular complexity index is 285. The molecule has 5 nitrogen and oxygen atoms in total. The second kappa shape index (κ2) is 2.24. The number of rotatable bonds is 1. The molecule has 0 rings (SSSR count). The highest BCUT2D eigenvalue weighted by molar-refractivity contribution is 7.99. The van der Waals surface area contributed by atoms with Crippen molar-refractivity contribution in [2.24, 2.45) is 3.77 Å². The van der Waals surface area contributed by atoms with Crippen molar-refractivity contribution in [3.8, 4) is 0 Å². The lowest BCUT2D eigenvalue weighted by Gasteiger charge is -1.88. The van der Waals surface area contributed by atoms with E-state index in [1.807, 2.05) is 0 Å². The molecule has 0 radical (unpaired) electrons. The van der Waals surface area contributed by atoms with Gasteiger partial charge in [-0.15, -0.1) is 0 Å². The van der Waals surface area contributed by atoms with Crippen LogP contribution in [0.4, 0.5) is 0 Å². The van der Waals surface area contributed by atoms with Gasteiger partial charge in [0, 0.05) is 6.26 Å². The van der Waals surface area contributed by atoms with Crippen molar-refractivity contribution in [3.63, 3.8) is 0 Å². The zero-order valence-electron chi connectivity index (χ0n) is 4.94. The molecule has 0 bridgehead atoms. The minimum absolute atomic E-state index is 0.756. The van der Waals surface area contributed by atoms with Crippen molar-refractivity contribution in [1.29, 1.82) is 0 Å². The minimum Gasteiger partial charge on any atom is -0.300 e. The van der Waals surface area contributed by atoms with E-state index in [0.717, 1.165) is 12.5 Å². The Balaban J connectivity index is 5.01. The predicted molar refractivity (Wildman–Crippen MR) is 34.0 cm³/mol. The Morgan fingerprint density at radius 1 is 1.22 bits per heavy atom. The first-order valence-corrected chi connectivity index (χ1v) is 5.59. The molecule has 1 atom stereocenters. The Kier molecular flexibility index (Phi) is 2.20. The summed E-state index contributed by atoms with van der Waals surface area (Å²) in [6.07, 6.45) is 1.58. The van der Waals surface area contributed by atoms with Crippen LogP contribution in [0.25, 0.3) is 0 Å². The van der Waals surface area contributed by atoms with Crippen LogP contribution >= 0.6 is 0 Å². The summed E-state index contributed by atoms with van der Waals surface area (Å²) in [5.41, 5.74) is 0. The minimum atomic E-state index is -3.68. The van der Waals surface area contributed by atoms with Gasteiger partial charge in [-0.1, -0.05) is 3.77 Å². The number of hydrogen-bond acceptors (Lipinski definition) is 3. The van der Waals surface area contributed by atoms with Gasteiger partial charge in [0.2, 0.25) is 0 Å². The predicted octanol–water partition coefficient (Wildman–Crippen LogP) is -0.483. The normalized spacial score (nSPS) is 18.6. The van der Waals surface area contributed by atoms with Gasteiger partial charge < -0.3 is 0 Å². The van der Waals surface area contributed by atoms with E-state index in [1.165, 1.54) is 0 Å². The average Bonchev–Trinajstić information content (AvgIpc) is 1.14. The Morgan fingerprint density at radius 2 is 1.56 bits per heavy atom. The van der Waals surface area contributed by atoms with E-state index in [9.17, 15) is 12.6 Å². The van der Waals surface area contributed by atoms with Gasteiger partial charge in [-0.05, 0) is 0 Å². The fourth-order valence-corrected chi connectivity index (χ4v) is 2.26. The van der Waals surface area contributed by atoms with Crippen LogP contribution in [0, 0.1) is 0 Å². The first-order chi connectivity index (χ1) is 3.71. The second-order valence-corrected chi connectivity index (χ2v) is 5.16. The highest BCUT2D eigenvalue weighted by atomic mass is 32.3. The molecular formula is C2H7NO4S2. The lowest BCUT2D eigenvalue weighted by atomic mass is 12.0. The molecular weight excluding hydrogens is 166 g/mol. The van der Waals surface area contributed by atoms with Crippen LogP contribution in [-0.2, 0) is 20.0 Å². The highest BCUT2D eigenvalue weighted by Crippen LogP contribution is 1.90. The monoisotopic (exact) mass is 173 g/mol. The van der Waals surface area contributed by atoms with Gasteiger partial charge in [0.15, 0.2) is 10.0 Å². The van der Waals surface area contributed by atoms with Crippen molar-refractivity contribution in [2.45, 2.75) is 0 Å². The molecule has 1 unspecified atom stereocenters. The van der Waals surface area contributed by atoms with Gasteiger partial charge in [-0.3, -0.25) is 4.55 Å². The summed E-state index contributed by atoms with van der Waals surface area (Å²) in [4.78, 5) is 0. The SMILES string of the molecule is CS(=O)(=O)N=S(C)(=O)O. The van der Waals surface area contributed by atoms with Crippen molar-refractivity contribution in [1.82, 2.24) is 0 Å². The van der Waals surface area contributed by atoms with Crippen LogP contribution in [0.2, 0.25) is 0 Å². The molecule has 0 aromatic rings. The number of nitrogens with zero attached hydrogens (tertiary/aromatic N) is 1. The van der Waals surface area contributed by atoms with Crippen LogP contribution in [0.5, 0.6) is 0 Å². The van der Waals surface area contributed by atoms with Crippen LogP contribution in [0.15, 0.2) is 3.77 Å². The Hall–Kier alpha value is -0.140. The molecule has 0 aliphatic rings. The molecule has 0 saturated carbocycles. The fraction of sp³-hybridized carbons (Fsp3) is 1.00. The van der Waals surface area contributed by atoms with Crippen molar-refractivity contribution < 1.29 is 17.2 Å². The third-order valence-electron chi connectivity index (χ3n) is 0.274. The zero-order chi connectivity index (χ0) is 7.71. The Morgan fingerprint density at radius 3 is 1.56 bits per heavy atom. The van der Waals surface area contributed by atoms with Gasteiger partial charge in [0.25, 0.3) is 10.0 Å². The quantitative estimate of drug-likeness (QED) is 0.580. The molecule has 1 N–H and O–H groups in total. The lowest BCUT2D eigenvalue weighted by Crippen LogP contribution is -1.98. The topological polar surface area (TPSA) is 83.8 Å². The molecule has 0 amide bonds. The van der Waals surface area contributed by atoms with Crippen molar-refractivity contribution in [2.75, 3.05) is 12.5 Å². The third kappa shape index (κ3) is 7.86. The summed E-state index contributed by atoms with van der Waals surface area (Å²) >= 11 is 0. The van der Waals surface area contributed by atoms with E-state index in [4.69, 9.17) is 4.55 Å². The number of hydrogen-bond donors (Lipinski definition) is 1. The third-order valence-corrected chi connectivity index (χ3v) is 2.46. The molecule has 0 heterocycles. The van der Waals surface area contributed by atoms with Gasteiger partial charge in [0.05, 0.1) is 6.26 Å². The first-order valence-electron chi connectivity index (χ1n) is 1.86. The molecule has 0 spiro atoms. The zero-order valence-corrected chi connectivity index (χ0v) is 6.57. The molecule has 0 aliphatic heterocycles.